The Kier molecular flexibility index (Phi) is 3.53. The van der Waals surface area contributed by atoms with Gasteiger partial charge in [-0.1, -0.05) is 18.2 Å². The molecule has 0 aliphatic heterocycles. The number of halogens is 1. The molecule has 0 fully saturated rings. The number of nitrogens with two attached hydrogens (primary N) is 1. The molecule has 3 rings (SSSR count). The Hall–Kier alpha value is -1.74. The lowest BCUT2D eigenvalue weighted by Gasteiger charge is -2.05. The summed E-state index contributed by atoms with van der Waals surface area (Å²) in [5, 5.41) is 0. The molecule has 20 heavy (non-hydrogen) atoms. The predicted molar refractivity (Wildman–Crippen MR) is 87.7 cm³/mol. The second kappa shape index (κ2) is 5.33. The SMILES string of the molecule is COc1ccc(C=C2CCc3cc(N)ccc32)cc1Br. The molecule has 2 N–H and O–H groups in total. The summed E-state index contributed by atoms with van der Waals surface area (Å²) in [6.07, 6.45) is 4.39. The summed E-state index contributed by atoms with van der Waals surface area (Å²) >= 11 is 3.53. The van der Waals surface area contributed by atoms with Crippen LogP contribution in [-0.4, -0.2) is 7.11 Å². The lowest BCUT2D eigenvalue weighted by molar-refractivity contribution is 0.412. The van der Waals surface area contributed by atoms with Crippen molar-refractivity contribution in [3.05, 3.63) is 57.6 Å². The zero-order chi connectivity index (χ0) is 14.1. The number of methoxy groups -OCH3 is 1. The highest BCUT2D eigenvalue weighted by Crippen LogP contribution is 2.35. The molecule has 0 heterocycles. The molecule has 0 spiro atoms. The average molecular weight is 330 g/mol. The van der Waals surface area contributed by atoms with E-state index in [9.17, 15) is 0 Å². The van der Waals surface area contributed by atoms with Crippen molar-refractivity contribution in [3.63, 3.8) is 0 Å². The van der Waals surface area contributed by atoms with Gasteiger partial charge >= 0.3 is 0 Å². The number of fused-ring (bicyclic) bond motifs is 1. The van der Waals surface area contributed by atoms with Crippen molar-refractivity contribution in [2.24, 2.45) is 0 Å². The maximum absolute atomic E-state index is 5.84. The average Bonchev–Trinajstić information content (AvgIpc) is 2.81. The lowest BCUT2D eigenvalue weighted by atomic mass is 10.0. The number of hydrogen-bond donors (Lipinski definition) is 1. The van der Waals surface area contributed by atoms with Gasteiger partial charge in [0.2, 0.25) is 0 Å². The van der Waals surface area contributed by atoms with E-state index >= 15 is 0 Å². The molecule has 1 aliphatic rings. The van der Waals surface area contributed by atoms with Crippen molar-refractivity contribution < 1.29 is 4.74 Å². The molecule has 0 unspecified atom stereocenters. The molecule has 0 bridgehead atoms. The minimum absolute atomic E-state index is 0.845. The minimum Gasteiger partial charge on any atom is -0.496 e. The van der Waals surface area contributed by atoms with Gasteiger partial charge in [0.05, 0.1) is 11.6 Å². The van der Waals surface area contributed by atoms with E-state index in [1.54, 1.807) is 7.11 Å². The van der Waals surface area contributed by atoms with Crippen molar-refractivity contribution in [1.82, 2.24) is 0 Å². The molecular weight excluding hydrogens is 314 g/mol. The fourth-order valence-electron chi connectivity index (χ4n) is 2.66. The van der Waals surface area contributed by atoms with E-state index in [1.165, 1.54) is 22.3 Å². The van der Waals surface area contributed by atoms with E-state index in [-0.39, 0.29) is 0 Å². The lowest BCUT2D eigenvalue weighted by Crippen LogP contribution is -1.88. The Balaban J connectivity index is 1.97. The molecule has 0 saturated carbocycles. The Morgan fingerprint density at radius 3 is 2.75 bits per heavy atom. The van der Waals surface area contributed by atoms with Gasteiger partial charge in [0.1, 0.15) is 5.75 Å². The van der Waals surface area contributed by atoms with Gasteiger partial charge in [0.25, 0.3) is 0 Å². The second-order valence-electron chi connectivity index (χ2n) is 4.98. The number of hydrogen-bond acceptors (Lipinski definition) is 2. The van der Waals surface area contributed by atoms with Gasteiger partial charge in [0, 0.05) is 5.69 Å². The first-order valence-electron chi connectivity index (χ1n) is 6.60. The quantitative estimate of drug-likeness (QED) is 0.821. The van der Waals surface area contributed by atoms with Crippen molar-refractivity contribution in [2.75, 3.05) is 12.8 Å². The molecule has 102 valence electrons. The second-order valence-corrected chi connectivity index (χ2v) is 5.83. The van der Waals surface area contributed by atoms with Crippen LogP contribution in [0.1, 0.15) is 23.1 Å². The van der Waals surface area contributed by atoms with Crippen molar-refractivity contribution in [3.8, 4) is 5.75 Å². The molecule has 0 radical (unpaired) electrons. The van der Waals surface area contributed by atoms with Gasteiger partial charge in [-0.05, 0) is 75.3 Å². The number of rotatable bonds is 2. The molecule has 0 saturated heterocycles. The van der Waals surface area contributed by atoms with E-state index in [0.29, 0.717) is 0 Å². The monoisotopic (exact) mass is 329 g/mol. The molecular formula is C17H16BrNO. The Labute approximate surface area is 127 Å². The van der Waals surface area contributed by atoms with Gasteiger partial charge in [-0.2, -0.15) is 0 Å². The molecule has 0 atom stereocenters. The summed E-state index contributed by atoms with van der Waals surface area (Å²) in [5.74, 6) is 0.853. The number of aryl methyl sites for hydroxylation is 1. The molecule has 0 amide bonds. The number of nitrogen functional groups attached to an aromatic ring is 1. The van der Waals surface area contributed by atoms with Crippen LogP contribution >= 0.6 is 15.9 Å². The van der Waals surface area contributed by atoms with Gasteiger partial charge in [-0.25, -0.2) is 0 Å². The van der Waals surface area contributed by atoms with Crippen LogP contribution in [0, 0.1) is 0 Å². The summed E-state index contributed by atoms with van der Waals surface area (Å²) in [6.45, 7) is 0. The summed E-state index contributed by atoms with van der Waals surface area (Å²) < 4.78 is 6.23. The zero-order valence-corrected chi connectivity index (χ0v) is 12.9. The first-order chi connectivity index (χ1) is 9.67. The van der Waals surface area contributed by atoms with Crippen LogP contribution in [0.4, 0.5) is 5.69 Å². The number of anilines is 1. The van der Waals surface area contributed by atoms with Crippen LogP contribution in [-0.2, 0) is 6.42 Å². The standard InChI is InChI=1S/C17H16BrNO/c1-20-17-7-2-11(9-16(17)18)8-12-3-4-13-10-14(19)5-6-15(12)13/h2,5-10H,3-4,19H2,1H3. The summed E-state index contributed by atoms with van der Waals surface area (Å²) in [6, 6.07) is 12.3. The summed E-state index contributed by atoms with van der Waals surface area (Å²) in [5.41, 5.74) is 11.9. The third kappa shape index (κ3) is 2.46. The van der Waals surface area contributed by atoms with Crippen LogP contribution in [0.2, 0.25) is 0 Å². The van der Waals surface area contributed by atoms with Crippen LogP contribution in [0.5, 0.6) is 5.75 Å². The molecule has 2 nitrogen and oxygen atoms in total. The van der Waals surface area contributed by atoms with E-state index in [2.05, 4.69) is 46.3 Å². The fourth-order valence-corrected chi connectivity index (χ4v) is 3.22. The Morgan fingerprint density at radius 2 is 2.00 bits per heavy atom. The molecule has 2 aromatic carbocycles. The fraction of sp³-hybridized carbons (Fsp3) is 0.176. The van der Waals surface area contributed by atoms with E-state index in [4.69, 9.17) is 10.5 Å². The van der Waals surface area contributed by atoms with Gasteiger partial charge in [-0.3, -0.25) is 0 Å². The van der Waals surface area contributed by atoms with Gasteiger partial charge < -0.3 is 10.5 Å². The smallest absolute Gasteiger partial charge is 0.133 e. The molecule has 1 aliphatic carbocycles. The summed E-state index contributed by atoms with van der Waals surface area (Å²) in [7, 11) is 1.68. The predicted octanol–water partition coefficient (Wildman–Crippen LogP) is 4.53. The number of ether oxygens (including phenoxy) is 1. The van der Waals surface area contributed by atoms with E-state index in [0.717, 1.165) is 28.8 Å². The molecule has 0 aromatic heterocycles. The third-order valence-electron chi connectivity index (χ3n) is 3.66. The van der Waals surface area contributed by atoms with Crippen LogP contribution in [0.15, 0.2) is 40.9 Å². The van der Waals surface area contributed by atoms with Gasteiger partial charge in [-0.15, -0.1) is 0 Å². The highest BCUT2D eigenvalue weighted by Gasteiger charge is 2.16. The first-order valence-corrected chi connectivity index (χ1v) is 7.39. The topological polar surface area (TPSA) is 35.2 Å². The van der Waals surface area contributed by atoms with Gasteiger partial charge in [0.15, 0.2) is 0 Å². The van der Waals surface area contributed by atoms with Crippen molar-refractivity contribution >= 4 is 33.3 Å². The Morgan fingerprint density at radius 1 is 1.15 bits per heavy atom. The highest BCUT2D eigenvalue weighted by atomic mass is 79.9. The van der Waals surface area contributed by atoms with Crippen molar-refractivity contribution in [1.29, 1.82) is 0 Å². The normalized spacial score (nSPS) is 15.4. The van der Waals surface area contributed by atoms with E-state index < -0.39 is 0 Å². The van der Waals surface area contributed by atoms with Crippen molar-refractivity contribution in [2.45, 2.75) is 12.8 Å². The van der Waals surface area contributed by atoms with Crippen LogP contribution < -0.4 is 10.5 Å². The minimum atomic E-state index is 0.845. The number of benzene rings is 2. The van der Waals surface area contributed by atoms with Crippen LogP contribution in [0.25, 0.3) is 11.6 Å². The Bertz CT molecular complexity index is 691. The zero-order valence-electron chi connectivity index (χ0n) is 11.3. The largest absolute Gasteiger partial charge is 0.496 e. The maximum Gasteiger partial charge on any atom is 0.133 e. The highest BCUT2D eigenvalue weighted by molar-refractivity contribution is 9.10. The summed E-state index contributed by atoms with van der Waals surface area (Å²) in [4.78, 5) is 0. The first kappa shape index (κ1) is 13.3. The molecule has 2 aromatic rings. The van der Waals surface area contributed by atoms with Crippen LogP contribution in [0.3, 0.4) is 0 Å². The van der Waals surface area contributed by atoms with E-state index in [1.807, 2.05) is 12.1 Å². The molecule has 3 heteroatoms. The maximum atomic E-state index is 5.84. The number of allylic oxidation sites excluding steroid dienone is 1. The third-order valence-corrected chi connectivity index (χ3v) is 4.28.